The maximum Gasteiger partial charge on any atom is 0.343 e. The summed E-state index contributed by atoms with van der Waals surface area (Å²) >= 11 is 0. The number of carbonyl (C=O) groups is 3. The lowest BCUT2D eigenvalue weighted by Gasteiger charge is -2.09. The molecule has 8 heteroatoms. The Labute approximate surface area is 221 Å². The lowest BCUT2D eigenvalue weighted by Crippen LogP contribution is -2.10. The number of hydrogen-bond acceptors (Lipinski definition) is 8. The Morgan fingerprint density at radius 1 is 0.632 bits per heavy atom. The molecule has 0 N–H and O–H groups in total. The molecule has 8 nitrogen and oxygen atoms in total. The number of rotatable bonds is 14. The molecule has 3 aromatic carbocycles. The Kier molecular flexibility index (Phi) is 10.9. The molecular weight excluding hydrogens is 488 g/mol. The fourth-order valence-electron chi connectivity index (χ4n) is 3.13. The second-order valence-electron chi connectivity index (χ2n) is 8.07. The molecule has 0 atom stereocenters. The molecule has 198 valence electrons. The van der Waals surface area contributed by atoms with Gasteiger partial charge in [0.2, 0.25) is 0 Å². The monoisotopic (exact) mass is 518 g/mol. The van der Waals surface area contributed by atoms with Crippen molar-refractivity contribution in [2.75, 3.05) is 19.8 Å². The summed E-state index contributed by atoms with van der Waals surface area (Å²) in [6.45, 7) is 6.74. The quantitative estimate of drug-likeness (QED) is 0.114. The van der Waals surface area contributed by atoms with Crippen LogP contribution in [0.5, 0.6) is 23.0 Å². The van der Waals surface area contributed by atoms with Crippen molar-refractivity contribution in [3.63, 3.8) is 0 Å². The predicted octanol–water partition coefficient (Wildman–Crippen LogP) is 5.80. The standard InChI is InChI=1S/C30H30O8/c1-3-19-34-25-15-17-27(18-16-25)38-30(33)23-9-13-26(14-10-23)37-29(32)22-7-11-24(12-8-22)35-20-5-6-21-36-28(31)4-2/h4,7-18H,2-3,5-6,19-21H2,1H3. The van der Waals surface area contributed by atoms with Crippen LogP contribution in [-0.2, 0) is 9.53 Å². The molecule has 3 aromatic rings. The van der Waals surface area contributed by atoms with Gasteiger partial charge in [-0.25, -0.2) is 14.4 Å². The van der Waals surface area contributed by atoms with Crippen molar-refractivity contribution in [3.05, 3.63) is 96.6 Å². The molecular formula is C30H30O8. The zero-order valence-electron chi connectivity index (χ0n) is 21.2. The van der Waals surface area contributed by atoms with Gasteiger partial charge in [0.25, 0.3) is 0 Å². The van der Waals surface area contributed by atoms with E-state index in [0.717, 1.165) is 12.5 Å². The molecule has 0 radical (unpaired) electrons. The van der Waals surface area contributed by atoms with Gasteiger partial charge in [0, 0.05) is 6.08 Å². The van der Waals surface area contributed by atoms with Crippen molar-refractivity contribution in [1.82, 2.24) is 0 Å². The molecule has 0 aliphatic rings. The van der Waals surface area contributed by atoms with Crippen LogP contribution in [0, 0.1) is 0 Å². The highest BCUT2D eigenvalue weighted by Crippen LogP contribution is 2.21. The van der Waals surface area contributed by atoms with Crippen LogP contribution in [0.1, 0.15) is 46.9 Å². The third kappa shape index (κ3) is 9.13. The van der Waals surface area contributed by atoms with Gasteiger partial charge in [-0.3, -0.25) is 0 Å². The number of unbranched alkanes of at least 4 members (excludes halogenated alkanes) is 1. The van der Waals surface area contributed by atoms with Gasteiger partial charge in [-0.15, -0.1) is 0 Å². The smallest absolute Gasteiger partial charge is 0.343 e. The average molecular weight is 519 g/mol. The molecule has 0 spiro atoms. The minimum Gasteiger partial charge on any atom is -0.494 e. The first-order valence-electron chi connectivity index (χ1n) is 12.3. The highest BCUT2D eigenvalue weighted by atomic mass is 16.5. The minimum atomic E-state index is -0.540. The van der Waals surface area contributed by atoms with Crippen molar-refractivity contribution >= 4 is 17.9 Å². The zero-order chi connectivity index (χ0) is 27.2. The Bertz CT molecular complexity index is 1200. The van der Waals surface area contributed by atoms with Gasteiger partial charge in [-0.2, -0.15) is 0 Å². The first-order chi connectivity index (χ1) is 18.5. The van der Waals surface area contributed by atoms with Gasteiger partial charge in [0.1, 0.15) is 23.0 Å². The van der Waals surface area contributed by atoms with Crippen LogP contribution in [0.15, 0.2) is 85.5 Å². The van der Waals surface area contributed by atoms with Crippen LogP contribution in [0.4, 0.5) is 0 Å². The van der Waals surface area contributed by atoms with Crippen molar-refractivity contribution < 1.29 is 38.1 Å². The first-order valence-corrected chi connectivity index (χ1v) is 12.3. The fraction of sp³-hybridized carbons (Fsp3) is 0.233. The van der Waals surface area contributed by atoms with E-state index in [-0.39, 0.29) is 0 Å². The number of benzene rings is 3. The van der Waals surface area contributed by atoms with E-state index < -0.39 is 17.9 Å². The third-order valence-corrected chi connectivity index (χ3v) is 5.12. The molecule has 0 aliphatic carbocycles. The van der Waals surface area contributed by atoms with E-state index in [2.05, 4.69) is 6.58 Å². The van der Waals surface area contributed by atoms with Gasteiger partial charge in [-0.1, -0.05) is 13.5 Å². The molecule has 0 saturated carbocycles. The number of ether oxygens (including phenoxy) is 5. The van der Waals surface area contributed by atoms with Crippen LogP contribution < -0.4 is 18.9 Å². The lowest BCUT2D eigenvalue weighted by molar-refractivity contribution is -0.137. The van der Waals surface area contributed by atoms with E-state index in [0.29, 0.717) is 66.8 Å². The summed E-state index contributed by atoms with van der Waals surface area (Å²) in [5.74, 6) is 0.496. The Morgan fingerprint density at radius 2 is 1.05 bits per heavy atom. The van der Waals surface area contributed by atoms with Crippen LogP contribution in [0.3, 0.4) is 0 Å². The maximum absolute atomic E-state index is 12.5. The van der Waals surface area contributed by atoms with Crippen molar-refractivity contribution in [1.29, 1.82) is 0 Å². The summed E-state index contributed by atoms with van der Waals surface area (Å²) < 4.78 is 26.8. The first kappa shape index (κ1) is 28.0. The van der Waals surface area contributed by atoms with E-state index in [1.807, 2.05) is 6.92 Å². The average Bonchev–Trinajstić information content (AvgIpc) is 2.95. The highest BCUT2D eigenvalue weighted by molar-refractivity contribution is 5.92. The summed E-state index contributed by atoms with van der Waals surface area (Å²) in [5, 5.41) is 0. The van der Waals surface area contributed by atoms with Crippen LogP contribution in [-0.4, -0.2) is 37.7 Å². The summed E-state index contributed by atoms with van der Waals surface area (Å²) in [6.07, 6.45) is 3.41. The molecule has 0 aliphatic heterocycles. The molecule has 38 heavy (non-hydrogen) atoms. The van der Waals surface area contributed by atoms with Gasteiger partial charge in [0.05, 0.1) is 30.9 Å². The normalized spacial score (nSPS) is 10.2. The maximum atomic E-state index is 12.5. The van der Waals surface area contributed by atoms with Gasteiger partial charge in [0.15, 0.2) is 0 Å². The minimum absolute atomic E-state index is 0.293. The molecule has 0 unspecified atom stereocenters. The zero-order valence-corrected chi connectivity index (χ0v) is 21.2. The van der Waals surface area contributed by atoms with Gasteiger partial charge >= 0.3 is 17.9 Å². The molecule has 0 amide bonds. The fourth-order valence-corrected chi connectivity index (χ4v) is 3.13. The largest absolute Gasteiger partial charge is 0.494 e. The van der Waals surface area contributed by atoms with E-state index in [1.54, 1.807) is 48.5 Å². The number of hydrogen-bond donors (Lipinski definition) is 0. The Hall–Kier alpha value is -4.59. The second kappa shape index (κ2) is 14.8. The van der Waals surface area contributed by atoms with E-state index in [9.17, 15) is 14.4 Å². The van der Waals surface area contributed by atoms with E-state index >= 15 is 0 Å². The molecule has 0 aromatic heterocycles. The lowest BCUT2D eigenvalue weighted by atomic mass is 10.2. The third-order valence-electron chi connectivity index (χ3n) is 5.12. The highest BCUT2D eigenvalue weighted by Gasteiger charge is 2.12. The summed E-state index contributed by atoms with van der Waals surface area (Å²) in [6, 6.07) is 19.5. The summed E-state index contributed by atoms with van der Waals surface area (Å²) in [7, 11) is 0. The van der Waals surface area contributed by atoms with E-state index in [4.69, 9.17) is 23.7 Å². The summed E-state index contributed by atoms with van der Waals surface area (Å²) in [5.41, 5.74) is 0.667. The van der Waals surface area contributed by atoms with E-state index in [1.165, 1.54) is 24.3 Å². The van der Waals surface area contributed by atoms with Gasteiger partial charge < -0.3 is 23.7 Å². The molecule has 0 saturated heterocycles. The predicted molar refractivity (Wildman–Crippen MR) is 141 cm³/mol. The number of esters is 3. The van der Waals surface area contributed by atoms with Crippen molar-refractivity contribution in [2.24, 2.45) is 0 Å². The van der Waals surface area contributed by atoms with Crippen molar-refractivity contribution in [2.45, 2.75) is 26.2 Å². The van der Waals surface area contributed by atoms with Crippen LogP contribution >= 0.6 is 0 Å². The summed E-state index contributed by atoms with van der Waals surface area (Å²) in [4.78, 5) is 35.9. The SMILES string of the molecule is C=CC(=O)OCCCCOc1ccc(C(=O)Oc2ccc(C(=O)Oc3ccc(OCCC)cc3)cc2)cc1. The molecule has 3 rings (SSSR count). The van der Waals surface area contributed by atoms with Gasteiger partial charge in [-0.05, 0) is 92.1 Å². The number of carbonyl (C=O) groups excluding carboxylic acids is 3. The molecule has 0 bridgehead atoms. The van der Waals surface area contributed by atoms with Crippen LogP contribution in [0.25, 0.3) is 0 Å². The molecule has 0 heterocycles. The van der Waals surface area contributed by atoms with Crippen LogP contribution in [0.2, 0.25) is 0 Å². The molecule has 0 fully saturated rings. The van der Waals surface area contributed by atoms with Crippen molar-refractivity contribution in [3.8, 4) is 23.0 Å². The second-order valence-corrected chi connectivity index (χ2v) is 8.07. The topological polar surface area (TPSA) is 97.4 Å². The Balaban J connectivity index is 1.43. The Morgan fingerprint density at radius 3 is 1.55 bits per heavy atom.